The van der Waals surface area contributed by atoms with Gasteiger partial charge in [0.15, 0.2) is 0 Å². The maximum atomic E-state index is 8.07. The van der Waals surface area contributed by atoms with Crippen LogP contribution in [-0.4, -0.2) is 33.9 Å². The van der Waals surface area contributed by atoms with Crippen molar-refractivity contribution in [1.29, 1.82) is 0 Å². The van der Waals surface area contributed by atoms with Crippen molar-refractivity contribution in [2.24, 2.45) is 0 Å². The van der Waals surface area contributed by atoms with E-state index in [-0.39, 0.29) is 38.8 Å². The largest absolute Gasteiger partial charge is 0.870 e. The third-order valence-corrected chi connectivity index (χ3v) is 0.512. The van der Waals surface area contributed by atoms with Crippen LogP contribution in [-0.2, 0) is 21.7 Å². The van der Waals surface area contributed by atoms with E-state index < -0.39 is 0 Å². The van der Waals surface area contributed by atoms with Crippen LogP contribution >= 0.6 is 0 Å². The first kappa shape index (κ1) is 29.4. The molecule has 0 aliphatic carbocycles. The van der Waals surface area contributed by atoms with Crippen molar-refractivity contribution in [3.05, 3.63) is 0 Å². The Morgan fingerprint density at radius 1 is 1.17 bits per heavy atom. The summed E-state index contributed by atoms with van der Waals surface area (Å²) in [5.41, 5.74) is 0. The Labute approximate surface area is 89.5 Å². The zero-order valence-electron chi connectivity index (χ0n) is 7.99. The molecule has 4 nitrogen and oxygen atoms in total. The van der Waals surface area contributed by atoms with Gasteiger partial charge in [-0.3, -0.25) is 0 Å². The molecule has 0 amide bonds. The molecule has 0 rings (SSSR count). The number of hydrogen-bond acceptors (Lipinski definition) is 4. The van der Waals surface area contributed by atoms with Gasteiger partial charge in [-0.2, -0.15) is 0 Å². The average molecular weight is 216 g/mol. The molecule has 0 aromatic heterocycles. The normalized spacial score (nSPS) is 6.50. The summed E-state index contributed by atoms with van der Waals surface area (Å²) in [7, 11) is 0. The molecule has 0 atom stereocenters. The van der Waals surface area contributed by atoms with Gasteiger partial charge in [0.1, 0.15) is 0 Å². The second-order valence-corrected chi connectivity index (χ2v) is 2.17. The summed E-state index contributed by atoms with van der Waals surface area (Å²) in [5.74, 6) is 0. The van der Waals surface area contributed by atoms with Gasteiger partial charge in [-0.05, 0) is 20.3 Å². The van der Waals surface area contributed by atoms with Crippen molar-refractivity contribution in [3.63, 3.8) is 0 Å². The van der Waals surface area contributed by atoms with E-state index in [2.05, 4.69) is 6.92 Å². The molecule has 12 heavy (non-hydrogen) atoms. The molecular formula is C7H20O4Ti-2. The van der Waals surface area contributed by atoms with Crippen LogP contribution in [0, 0.1) is 0 Å². The standard InChI is InChI=1S/C4H10O.C3H8O.2H2O.Ti/c1-2-3-4-5;1-3(2)4;;;/h5H,2-4H2,1H3;3-4H,1-2H3;2*1H2;/p-2. The summed E-state index contributed by atoms with van der Waals surface area (Å²) in [6.07, 6.45) is 1.87. The molecule has 0 saturated carbocycles. The van der Waals surface area contributed by atoms with E-state index in [1.807, 2.05) is 0 Å². The summed E-state index contributed by atoms with van der Waals surface area (Å²) in [4.78, 5) is 0. The molecule has 0 fully saturated rings. The van der Waals surface area contributed by atoms with Crippen LogP contribution in [0.4, 0.5) is 0 Å². The van der Waals surface area contributed by atoms with Gasteiger partial charge in [0.25, 0.3) is 0 Å². The second kappa shape index (κ2) is 30.0. The van der Waals surface area contributed by atoms with Gasteiger partial charge in [-0.25, -0.2) is 0 Å². The van der Waals surface area contributed by atoms with Gasteiger partial charge in [-0.1, -0.05) is 13.3 Å². The van der Waals surface area contributed by atoms with Crippen LogP contribution in [0.15, 0.2) is 0 Å². The molecule has 0 aliphatic rings. The minimum absolute atomic E-state index is 0. The molecule has 0 bridgehead atoms. The van der Waals surface area contributed by atoms with Crippen molar-refractivity contribution < 1.29 is 42.9 Å². The number of aliphatic hydroxyl groups excluding tert-OH is 2. The van der Waals surface area contributed by atoms with Crippen LogP contribution in [0.1, 0.15) is 33.6 Å². The van der Waals surface area contributed by atoms with E-state index >= 15 is 0 Å². The smallest absolute Gasteiger partial charge is 0.0483 e. The van der Waals surface area contributed by atoms with Gasteiger partial charge in [0, 0.05) is 34.4 Å². The Morgan fingerprint density at radius 3 is 1.42 bits per heavy atom. The van der Waals surface area contributed by atoms with Gasteiger partial charge in [0.2, 0.25) is 0 Å². The molecule has 0 aliphatic heterocycles. The first-order valence-corrected chi connectivity index (χ1v) is 3.44. The van der Waals surface area contributed by atoms with E-state index in [0.29, 0.717) is 6.61 Å². The first-order valence-electron chi connectivity index (χ1n) is 3.44. The topological polar surface area (TPSA) is 100 Å². The van der Waals surface area contributed by atoms with Gasteiger partial charge in [-0.15, -0.1) is 0 Å². The third-order valence-electron chi connectivity index (χ3n) is 0.512. The Bertz CT molecular complexity index is 39.6. The van der Waals surface area contributed by atoms with Crippen molar-refractivity contribution in [1.82, 2.24) is 0 Å². The second-order valence-electron chi connectivity index (χ2n) is 2.17. The van der Waals surface area contributed by atoms with Crippen LogP contribution < -0.4 is 0 Å². The molecule has 5 heteroatoms. The minimum atomic E-state index is -0.167. The predicted octanol–water partition coefficient (Wildman–Crippen LogP) is 0.810. The number of aliphatic hydroxyl groups is 2. The van der Waals surface area contributed by atoms with E-state index in [1.54, 1.807) is 13.8 Å². The molecule has 0 saturated heterocycles. The van der Waals surface area contributed by atoms with Crippen molar-refractivity contribution in [2.75, 3.05) is 6.61 Å². The number of hydrogen-bond donors (Lipinski definition) is 2. The SMILES string of the molecule is CC(C)O.CCCCO.[OH-].[OH-].[Ti]. The minimum Gasteiger partial charge on any atom is -0.870 e. The molecule has 4 N–H and O–H groups in total. The monoisotopic (exact) mass is 216 g/mol. The maximum Gasteiger partial charge on any atom is 0.0483 e. The Kier molecular flexibility index (Phi) is 73.3. The summed E-state index contributed by atoms with van der Waals surface area (Å²) in [6.45, 7) is 5.84. The zero-order chi connectivity index (χ0) is 7.70. The number of unbranched alkanes of at least 4 members (excludes halogenated alkanes) is 1. The van der Waals surface area contributed by atoms with Gasteiger partial charge < -0.3 is 21.2 Å². The van der Waals surface area contributed by atoms with E-state index in [4.69, 9.17) is 10.2 Å². The van der Waals surface area contributed by atoms with Gasteiger partial charge in [0.05, 0.1) is 0 Å². The Morgan fingerprint density at radius 2 is 1.42 bits per heavy atom. The third kappa shape index (κ3) is 148. The van der Waals surface area contributed by atoms with Crippen LogP contribution in [0.25, 0.3) is 0 Å². The van der Waals surface area contributed by atoms with E-state index in [0.717, 1.165) is 12.8 Å². The quantitative estimate of drug-likeness (QED) is 0.667. The fraction of sp³-hybridized carbons (Fsp3) is 1.00. The molecule has 78 valence electrons. The summed E-state index contributed by atoms with van der Waals surface area (Å²) < 4.78 is 0. The molecule has 0 aromatic rings. The first-order chi connectivity index (χ1) is 4.15. The predicted molar refractivity (Wildman–Crippen MR) is 43.2 cm³/mol. The molecular weight excluding hydrogens is 196 g/mol. The molecule has 0 aromatic carbocycles. The molecule has 0 heterocycles. The zero-order valence-corrected chi connectivity index (χ0v) is 9.55. The van der Waals surface area contributed by atoms with Crippen LogP contribution in [0.3, 0.4) is 0 Å². The van der Waals surface area contributed by atoms with Crippen molar-refractivity contribution in [3.8, 4) is 0 Å². The fourth-order valence-electron chi connectivity index (χ4n) is 0.158. The Balaban J connectivity index is -0.0000000221. The van der Waals surface area contributed by atoms with Gasteiger partial charge >= 0.3 is 0 Å². The summed E-state index contributed by atoms with van der Waals surface area (Å²) in [5, 5.41) is 16.1. The van der Waals surface area contributed by atoms with E-state index in [1.165, 1.54) is 0 Å². The maximum absolute atomic E-state index is 8.07. The summed E-state index contributed by atoms with van der Waals surface area (Å²) >= 11 is 0. The Hall–Kier alpha value is 0.554. The van der Waals surface area contributed by atoms with Crippen LogP contribution in [0.5, 0.6) is 0 Å². The molecule has 0 spiro atoms. The molecule has 0 radical (unpaired) electrons. The van der Waals surface area contributed by atoms with E-state index in [9.17, 15) is 0 Å². The summed E-state index contributed by atoms with van der Waals surface area (Å²) in [6, 6.07) is 0. The molecule has 0 unspecified atom stereocenters. The fourth-order valence-corrected chi connectivity index (χ4v) is 0.158. The van der Waals surface area contributed by atoms with Crippen molar-refractivity contribution >= 4 is 0 Å². The average Bonchev–Trinajstić information content (AvgIpc) is 1.66. The van der Waals surface area contributed by atoms with Crippen molar-refractivity contribution in [2.45, 2.75) is 39.7 Å². The van der Waals surface area contributed by atoms with Crippen LogP contribution in [0.2, 0.25) is 0 Å². The number of rotatable bonds is 2.